The van der Waals surface area contributed by atoms with Crippen molar-refractivity contribution < 1.29 is 9.47 Å². The van der Waals surface area contributed by atoms with E-state index < -0.39 is 0 Å². The van der Waals surface area contributed by atoms with Crippen molar-refractivity contribution in [2.24, 2.45) is 0 Å². The average Bonchev–Trinajstić information content (AvgIpc) is 2.42. The number of methoxy groups -OCH3 is 1. The Morgan fingerprint density at radius 1 is 1.17 bits per heavy atom. The van der Waals surface area contributed by atoms with Crippen LogP contribution >= 0.6 is 0 Å². The van der Waals surface area contributed by atoms with Crippen molar-refractivity contribution in [1.82, 2.24) is 5.32 Å². The van der Waals surface area contributed by atoms with Gasteiger partial charge in [0.25, 0.3) is 0 Å². The minimum absolute atomic E-state index is 0.0442. The van der Waals surface area contributed by atoms with Crippen molar-refractivity contribution >= 4 is 0 Å². The Kier molecular flexibility index (Phi) is 7.65. The fourth-order valence-electron chi connectivity index (χ4n) is 2.03. The summed E-state index contributed by atoms with van der Waals surface area (Å²) >= 11 is 0. The minimum Gasteiger partial charge on any atom is -0.383 e. The molecule has 3 nitrogen and oxygen atoms in total. The third kappa shape index (κ3) is 4.77. The zero-order valence-corrected chi connectivity index (χ0v) is 11.7. The Morgan fingerprint density at radius 2 is 1.89 bits per heavy atom. The molecule has 0 aromatic heterocycles. The van der Waals surface area contributed by atoms with Crippen LogP contribution in [0.2, 0.25) is 0 Å². The summed E-state index contributed by atoms with van der Waals surface area (Å²) < 4.78 is 11.2. The van der Waals surface area contributed by atoms with Crippen LogP contribution < -0.4 is 5.32 Å². The van der Waals surface area contributed by atoms with Gasteiger partial charge in [-0.05, 0) is 25.5 Å². The Labute approximate surface area is 110 Å². The lowest BCUT2D eigenvalue weighted by Gasteiger charge is -2.28. The van der Waals surface area contributed by atoms with Gasteiger partial charge in [0.15, 0.2) is 0 Å². The predicted octanol–water partition coefficient (Wildman–Crippen LogP) is 2.78. The number of hydrogen-bond donors (Lipinski definition) is 1. The number of hydrogen-bond acceptors (Lipinski definition) is 3. The average molecular weight is 251 g/mol. The van der Waals surface area contributed by atoms with E-state index in [1.165, 1.54) is 5.56 Å². The Bertz CT molecular complexity index is 303. The summed E-state index contributed by atoms with van der Waals surface area (Å²) in [6.07, 6.45) is 1.15. The highest BCUT2D eigenvalue weighted by molar-refractivity contribution is 5.19. The quantitative estimate of drug-likeness (QED) is 0.732. The maximum atomic E-state index is 5.90. The molecule has 1 aromatic rings. The van der Waals surface area contributed by atoms with Gasteiger partial charge in [0.05, 0.1) is 18.8 Å². The van der Waals surface area contributed by atoms with E-state index in [-0.39, 0.29) is 12.1 Å². The highest BCUT2D eigenvalue weighted by Crippen LogP contribution is 2.21. The fraction of sp³-hybridized carbons (Fsp3) is 0.600. The predicted molar refractivity (Wildman–Crippen MR) is 74.8 cm³/mol. The zero-order valence-electron chi connectivity index (χ0n) is 11.7. The molecule has 0 aliphatic heterocycles. The molecule has 0 saturated heterocycles. The Morgan fingerprint density at radius 3 is 2.44 bits per heavy atom. The van der Waals surface area contributed by atoms with Crippen molar-refractivity contribution in [2.75, 3.05) is 26.9 Å². The number of benzene rings is 1. The molecule has 1 rings (SSSR count). The van der Waals surface area contributed by atoms with Crippen LogP contribution in [0.15, 0.2) is 30.3 Å². The van der Waals surface area contributed by atoms with E-state index in [1.54, 1.807) is 7.11 Å². The first-order chi connectivity index (χ1) is 8.83. The summed E-state index contributed by atoms with van der Waals surface area (Å²) in [6, 6.07) is 10.5. The van der Waals surface area contributed by atoms with E-state index in [0.717, 1.165) is 13.0 Å². The Hall–Kier alpha value is -0.900. The van der Waals surface area contributed by atoms with Gasteiger partial charge in [-0.25, -0.2) is 0 Å². The molecule has 2 atom stereocenters. The Balaban J connectivity index is 2.78. The van der Waals surface area contributed by atoms with Crippen LogP contribution in [0.25, 0.3) is 0 Å². The van der Waals surface area contributed by atoms with Gasteiger partial charge in [0.2, 0.25) is 0 Å². The minimum atomic E-state index is 0.0442. The standard InChI is InChI=1S/C15H25NO2/c1-4-11-16-14(12-17-3)15(18-5-2)13-9-7-6-8-10-13/h6-10,14-16H,4-5,11-12H2,1-3H3. The highest BCUT2D eigenvalue weighted by atomic mass is 16.5. The molecule has 1 aromatic carbocycles. The lowest BCUT2D eigenvalue weighted by Crippen LogP contribution is -2.40. The van der Waals surface area contributed by atoms with Crippen molar-refractivity contribution in [3.05, 3.63) is 35.9 Å². The second-order valence-corrected chi connectivity index (χ2v) is 4.30. The molecule has 1 N–H and O–H groups in total. The topological polar surface area (TPSA) is 30.5 Å². The van der Waals surface area contributed by atoms with Crippen molar-refractivity contribution in [3.8, 4) is 0 Å². The number of rotatable bonds is 9. The van der Waals surface area contributed by atoms with Crippen LogP contribution in [0.3, 0.4) is 0 Å². The highest BCUT2D eigenvalue weighted by Gasteiger charge is 2.22. The van der Waals surface area contributed by atoms with E-state index in [0.29, 0.717) is 13.2 Å². The van der Waals surface area contributed by atoms with Crippen LogP contribution in [0.5, 0.6) is 0 Å². The SMILES string of the molecule is CCCNC(COC)C(OCC)c1ccccc1. The zero-order chi connectivity index (χ0) is 13.2. The molecule has 0 saturated carbocycles. The van der Waals surface area contributed by atoms with Crippen molar-refractivity contribution in [2.45, 2.75) is 32.4 Å². The lowest BCUT2D eigenvalue weighted by atomic mass is 10.0. The van der Waals surface area contributed by atoms with Gasteiger partial charge in [-0.2, -0.15) is 0 Å². The van der Waals surface area contributed by atoms with Crippen LogP contribution in [-0.4, -0.2) is 32.9 Å². The molecule has 0 aliphatic rings. The van der Waals surface area contributed by atoms with Gasteiger partial charge in [-0.3, -0.25) is 0 Å². The van der Waals surface area contributed by atoms with Gasteiger partial charge in [-0.1, -0.05) is 37.3 Å². The number of ether oxygens (including phenoxy) is 2. The summed E-state index contributed by atoms with van der Waals surface area (Å²) in [7, 11) is 1.73. The van der Waals surface area contributed by atoms with Crippen molar-refractivity contribution in [1.29, 1.82) is 0 Å². The normalized spacial score (nSPS) is 14.4. The van der Waals surface area contributed by atoms with E-state index in [9.17, 15) is 0 Å². The maximum absolute atomic E-state index is 5.90. The second-order valence-electron chi connectivity index (χ2n) is 4.30. The molecule has 0 amide bonds. The third-order valence-electron chi connectivity index (χ3n) is 2.84. The van der Waals surface area contributed by atoms with Gasteiger partial charge in [0.1, 0.15) is 0 Å². The number of nitrogens with one attached hydrogen (secondary N) is 1. The first kappa shape index (κ1) is 15.2. The van der Waals surface area contributed by atoms with Crippen LogP contribution in [0.1, 0.15) is 31.9 Å². The van der Waals surface area contributed by atoms with Gasteiger partial charge < -0.3 is 14.8 Å². The summed E-state index contributed by atoms with van der Waals surface area (Å²) in [6.45, 7) is 6.52. The van der Waals surface area contributed by atoms with Crippen LogP contribution in [0.4, 0.5) is 0 Å². The smallest absolute Gasteiger partial charge is 0.1000 e. The van der Waals surface area contributed by atoms with E-state index in [2.05, 4.69) is 24.4 Å². The molecule has 3 heteroatoms. The second kappa shape index (κ2) is 9.09. The molecule has 0 fully saturated rings. The molecule has 102 valence electrons. The molecule has 0 radical (unpaired) electrons. The summed E-state index contributed by atoms with van der Waals surface area (Å²) in [5.41, 5.74) is 1.20. The third-order valence-corrected chi connectivity index (χ3v) is 2.84. The molecule has 0 aliphatic carbocycles. The van der Waals surface area contributed by atoms with E-state index >= 15 is 0 Å². The molecule has 0 heterocycles. The fourth-order valence-corrected chi connectivity index (χ4v) is 2.03. The van der Waals surface area contributed by atoms with Crippen LogP contribution in [-0.2, 0) is 9.47 Å². The molecular weight excluding hydrogens is 226 g/mol. The summed E-state index contributed by atoms with van der Waals surface area (Å²) in [4.78, 5) is 0. The molecule has 2 unspecified atom stereocenters. The lowest BCUT2D eigenvalue weighted by molar-refractivity contribution is 0.00816. The largest absolute Gasteiger partial charge is 0.383 e. The first-order valence-electron chi connectivity index (χ1n) is 6.72. The van der Waals surface area contributed by atoms with Crippen LogP contribution in [0, 0.1) is 0 Å². The van der Waals surface area contributed by atoms with Gasteiger partial charge in [0, 0.05) is 13.7 Å². The van der Waals surface area contributed by atoms with Gasteiger partial charge in [-0.15, -0.1) is 0 Å². The molecule has 0 spiro atoms. The van der Waals surface area contributed by atoms with E-state index in [4.69, 9.17) is 9.47 Å². The summed E-state index contributed by atoms with van der Waals surface area (Å²) in [5, 5.41) is 3.50. The molecular formula is C15H25NO2. The van der Waals surface area contributed by atoms with E-state index in [1.807, 2.05) is 25.1 Å². The van der Waals surface area contributed by atoms with Crippen molar-refractivity contribution in [3.63, 3.8) is 0 Å². The molecule has 18 heavy (non-hydrogen) atoms. The monoisotopic (exact) mass is 251 g/mol. The maximum Gasteiger partial charge on any atom is 0.1000 e. The summed E-state index contributed by atoms with van der Waals surface area (Å²) in [5.74, 6) is 0. The first-order valence-corrected chi connectivity index (χ1v) is 6.72. The van der Waals surface area contributed by atoms with Gasteiger partial charge >= 0.3 is 0 Å². The molecule has 0 bridgehead atoms.